The second-order valence-electron chi connectivity index (χ2n) is 7.52. The van der Waals surface area contributed by atoms with Crippen molar-refractivity contribution in [1.82, 2.24) is 10.2 Å². The maximum atomic E-state index is 12.8. The number of rotatable bonds is 8. The van der Waals surface area contributed by atoms with E-state index >= 15 is 0 Å². The summed E-state index contributed by atoms with van der Waals surface area (Å²) in [7, 11) is 7.23. The van der Waals surface area contributed by atoms with Gasteiger partial charge in [0.2, 0.25) is 0 Å². The molecule has 1 aliphatic heterocycles. The number of hydrogen-bond donors (Lipinski definition) is 1. The van der Waals surface area contributed by atoms with Crippen LogP contribution in [-0.4, -0.2) is 58.8 Å². The monoisotopic (exact) mass is 397 g/mol. The van der Waals surface area contributed by atoms with Crippen molar-refractivity contribution < 1.29 is 14.3 Å². The number of amides is 1. The topological polar surface area (TPSA) is 54.0 Å². The van der Waals surface area contributed by atoms with Crippen LogP contribution < -0.4 is 19.7 Å². The average Bonchev–Trinajstić information content (AvgIpc) is 3.28. The van der Waals surface area contributed by atoms with E-state index in [0.29, 0.717) is 23.6 Å². The summed E-state index contributed by atoms with van der Waals surface area (Å²) in [6.07, 6.45) is 2.41. The molecule has 0 aromatic heterocycles. The van der Waals surface area contributed by atoms with Gasteiger partial charge < -0.3 is 19.7 Å². The summed E-state index contributed by atoms with van der Waals surface area (Å²) in [6, 6.07) is 14.0. The number of ether oxygens (including phenoxy) is 2. The third-order valence-electron chi connectivity index (χ3n) is 5.48. The Morgan fingerprint density at radius 1 is 1.03 bits per heavy atom. The molecule has 6 heteroatoms. The molecule has 0 saturated carbocycles. The number of nitrogens with one attached hydrogen (secondary N) is 1. The highest BCUT2D eigenvalue weighted by atomic mass is 16.5. The van der Waals surface area contributed by atoms with Crippen molar-refractivity contribution in [3.05, 3.63) is 53.6 Å². The molecule has 1 saturated heterocycles. The van der Waals surface area contributed by atoms with Crippen LogP contribution in [0.2, 0.25) is 0 Å². The first-order valence-electron chi connectivity index (χ1n) is 10.0. The molecular formula is C23H31N3O3. The highest BCUT2D eigenvalue weighted by Gasteiger charge is 2.24. The molecule has 0 unspecified atom stereocenters. The number of anilines is 1. The first-order valence-corrected chi connectivity index (χ1v) is 10.0. The second kappa shape index (κ2) is 9.65. The molecule has 1 fully saturated rings. The number of likely N-dealkylation sites (tertiary alicyclic amines) is 1. The Morgan fingerprint density at radius 2 is 1.69 bits per heavy atom. The summed E-state index contributed by atoms with van der Waals surface area (Å²) in [4.78, 5) is 17.3. The third-order valence-corrected chi connectivity index (χ3v) is 5.48. The van der Waals surface area contributed by atoms with Gasteiger partial charge in [-0.1, -0.05) is 12.1 Å². The molecule has 29 heavy (non-hydrogen) atoms. The van der Waals surface area contributed by atoms with Gasteiger partial charge in [-0.3, -0.25) is 9.69 Å². The van der Waals surface area contributed by atoms with E-state index in [4.69, 9.17) is 9.47 Å². The van der Waals surface area contributed by atoms with Crippen molar-refractivity contribution in [1.29, 1.82) is 0 Å². The Morgan fingerprint density at radius 3 is 2.28 bits per heavy atom. The summed E-state index contributed by atoms with van der Waals surface area (Å²) in [5, 5.41) is 3.11. The van der Waals surface area contributed by atoms with E-state index in [1.807, 2.05) is 14.1 Å². The fourth-order valence-electron chi connectivity index (χ4n) is 3.77. The number of carbonyl (C=O) groups is 1. The first kappa shape index (κ1) is 21.0. The van der Waals surface area contributed by atoms with Crippen molar-refractivity contribution in [2.24, 2.45) is 0 Å². The Labute approximate surface area is 173 Å². The van der Waals surface area contributed by atoms with Crippen LogP contribution in [0.5, 0.6) is 11.5 Å². The van der Waals surface area contributed by atoms with Crippen LogP contribution in [0.4, 0.5) is 5.69 Å². The standard InChI is InChI=1S/C23H31N3O3/c1-25(2)19-10-7-17(8-11-19)20(26-13-5-6-14-26)16-24-23(27)18-9-12-21(28-3)22(15-18)29-4/h7-12,15,20H,5-6,13-14,16H2,1-4H3,(H,24,27)/t20-/m0/s1. The van der Waals surface area contributed by atoms with Crippen LogP contribution in [0.1, 0.15) is 34.8 Å². The molecule has 2 aromatic rings. The minimum absolute atomic E-state index is 0.111. The second-order valence-corrected chi connectivity index (χ2v) is 7.52. The Bertz CT molecular complexity index is 815. The molecule has 156 valence electrons. The predicted octanol–water partition coefficient (Wildman–Crippen LogP) is 3.34. The van der Waals surface area contributed by atoms with E-state index in [0.717, 1.165) is 13.1 Å². The van der Waals surface area contributed by atoms with Gasteiger partial charge in [0.15, 0.2) is 11.5 Å². The Hall–Kier alpha value is -2.73. The smallest absolute Gasteiger partial charge is 0.251 e. The SMILES string of the molecule is COc1ccc(C(=O)NC[C@@H](c2ccc(N(C)C)cc2)N2CCCC2)cc1OC. The van der Waals surface area contributed by atoms with Gasteiger partial charge >= 0.3 is 0 Å². The molecule has 1 atom stereocenters. The van der Waals surface area contributed by atoms with Gasteiger partial charge in [-0.15, -0.1) is 0 Å². The van der Waals surface area contributed by atoms with Crippen molar-refractivity contribution >= 4 is 11.6 Å². The Kier molecular flexibility index (Phi) is 6.99. The summed E-state index contributed by atoms with van der Waals surface area (Å²) in [5.74, 6) is 1.05. The minimum atomic E-state index is -0.111. The molecule has 0 radical (unpaired) electrons. The lowest BCUT2D eigenvalue weighted by Crippen LogP contribution is -2.36. The zero-order valence-electron chi connectivity index (χ0n) is 17.8. The molecule has 2 aromatic carbocycles. The van der Waals surface area contributed by atoms with Gasteiger partial charge in [0.25, 0.3) is 5.91 Å². The summed E-state index contributed by atoms with van der Waals surface area (Å²) in [5.41, 5.74) is 2.96. The van der Waals surface area contributed by atoms with Crippen LogP contribution in [0.25, 0.3) is 0 Å². The number of nitrogens with zero attached hydrogens (tertiary/aromatic N) is 2. The maximum Gasteiger partial charge on any atom is 0.251 e. The minimum Gasteiger partial charge on any atom is -0.493 e. The van der Waals surface area contributed by atoms with Crippen LogP contribution >= 0.6 is 0 Å². The summed E-state index contributed by atoms with van der Waals surface area (Å²) in [6.45, 7) is 2.69. The van der Waals surface area contributed by atoms with Gasteiger partial charge in [-0.25, -0.2) is 0 Å². The van der Waals surface area contributed by atoms with Crippen LogP contribution in [0.3, 0.4) is 0 Å². The van der Waals surface area contributed by atoms with E-state index in [9.17, 15) is 4.79 Å². The van der Waals surface area contributed by atoms with Crippen LogP contribution in [0, 0.1) is 0 Å². The van der Waals surface area contributed by atoms with Gasteiger partial charge in [0.1, 0.15) is 0 Å². The predicted molar refractivity (Wildman–Crippen MR) is 116 cm³/mol. The molecule has 1 amide bonds. The van der Waals surface area contributed by atoms with Crippen LogP contribution in [-0.2, 0) is 0 Å². The highest BCUT2D eigenvalue weighted by Crippen LogP contribution is 2.28. The first-order chi connectivity index (χ1) is 14.0. The zero-order valence-corrected chi connectivity index (χ0v) is 17.8. The summed E-state index contributed by atoms with van der Waals surface area (Å²) >= 11 is 0. The lowest BCUT2D eigenvalue weighted by molar-refractivity contribution is 0.0937. The number of carbonyl (C=O) groups excluding carboxylic acids is 1. The van der Waals surface area contributed by atoms with E-state index in [-0.39, 0.29) is 11.9 Å². The van der Waals surface area contributed by atoms with Crippen molar-refractivity contribution in [3.63, 3.8) is 0 Å². The van der Waals surface area contributed by atoms with Gasteiger partial charge in [-0.05, 0) is 61.8 Å². The third kappa shape index (κ3) is 5.01. The normalized spacial score (nSPS) is 15.0. The quantitative estimate of drug-likeness (QED) is 0.740. The van der Waals surface area contributed by atoms with E-state index in [2.05, 4.69) is 39.4 Å². The molecule has 3 rings (SSSR count). The van der Waals surface area contributed by atoms with Crippen molar-refractivity contribution in [2.75, 3.05) is 52.8 Å². The molecule has 0 bridgehead atoms. The van der Waals surface area contributed by atoms with E-state index < -0.39 is 0 Å². The lowest BCUT2D eigenvalue weighted by Gasteiger charge is -2.28. The van der Waals surface area contributed by atoms with E-state index in [1.165, 1.54) is 24.1 Å². The average molecular weight is 398 g/mol. The molecular weight excluding hydrogens is 366 g/mol. The van der Waals surface area contributed by atoms with Gasteiger partial charge in [0, 0.05) is 31.9 Å². The molecule has 1 heterocycles. The molecule has 1 aliphatic rings. The zero-order chi connectivity index (χ0) is 20.8. The molecule has 0 aliphatic carbocycles. The highest BCUT2D eigenvalue weighted by molar-refractivity contribution is 5.94. The molecule has 6 nitrogen and oxygen atoms in total. The maximum absolute atomic E-state index is 12.8. The van der Waals surface area contributed by atoms with Crippen LogP contribution in [0.15, 0.2) is 42.5 Å². The summed E-state index contributed by atoms with van der Waals surface area (Å²) < 4.78 is 10.6. The molecule has 0 spiro atoms. The fourth-order valence-corrected chi connectivity index (χ4v) is 3.77. The van der Waals surface area contributed by atoms with Gasteiger partial charge in [0.05, 0.1) is 20.3 Å². The van der Waals surface area contributed by atoms with Gasteiger partial charge in [-0.2, -0.15) is 0 Å². The molecule has 1 N–H and O–H groups in total. The largest absolute Gasteiger partial charge is 0.493 e. The van der Waals surface area contributed by atoms with Crippen molar-refractivity contribution in [3.8, 4) is 11.5 Å². The van der Waals surface area contributed by atoms with Crippen molar-refractivity contribution in [2.45, 2.75) is 18.9 Å². The number of benzene rings is 2. The number of hydrogen-bond acceptors (Lipinski definition) is 5. The number of methoxy groups -OCH3 is 2. The van der Waals surface area contributed by atoms with E-state index in [1.54, 1.807) is 32.4 Å². The Balaban J connectivity index is 1.73. The lowest BCUT2D eigenvalue weighted by atomic mass is 10.0. The fraction of sp³-hybridized carbons (Fsp3) is 0.435.